The molecule has 0 spiro atoms. The Bertz CT molecular complexity index is 978. The second-order valence-electron chi connectivity index (χ2n) is 19.2. The molecule has 0 aliphatic heterocycles. The average Bonchev–Trinajstić information content (AvgIpc) is 3.28. The van der Waals surface area contributed by atoms with Crippen LogP contribution in [0.4, 0.5) is 0 Å². The summed E-state index contributed by atoms with van der Waals surface area (Å²) in [6.45, 7) is 6.68. The van der Waals surface area contributed by atoms with E-state index in [4.69, 9.17) is 14.2 Å². The van der Waals surface area contributed by atoms with E-state index >= 15 is 0 Å². The van der Waals surface area contributed by atoms with Crippen molar-refractivity contribution < 1.29 is 28.6 Å². The van der Waals surface area contributed by atoms with E-state index in [1.54, 1.807) is 0 Å². The molecular weight excluding hydrogens is 781 g/mol. The topological polar surface area (TPSA) is 78.9 Å². The van der Waals surface area contributed by atoms with Gasteiger partial charge in [-0.05, 0) is 44.9 Å². The Morgan fingerprint density at radius 3 is 0.794 bits per heavy atom. The van der Waals surface area contributed by atoms with Crippen LogP contribution < -0.4 is 0 Å². The zero-order chi connectivity index (χ0) is 45.8. The lowest BCUT2D eigenvalue weighted by molar-refractivity contribution is -0.167. The zero-order valence-corrected chi connectivity index (χ0v) is 42.6. The summed E-state index contributed by atoms with van der Waals surface area (Å²) < 4.78 is 16.9. The van der Waals surface area contributed by atoms with Crippen molar-refractivity contribution in [2.24, 2.45) is 0 Å². The molecule has 0 saturated carbocycles. The lowest BCUT2D eigenvalue weighted by Gasteiger charge is -2.18. The maximum atomic E-state index is 12.8. The third-order valence-electron chi connectivity index (χ3n) is 12.8. The van der Waals surface area contributed by atoms with Crippen LogP contribution in [-0.4, -0.2) is 37.2 Å². The average molecular weight is 889 g/mol. The van der Waals surface area contributed by atoms with Crippen LogP contribution in [0, 0.1) is 0 Å². The maximum Gasteiger partial charge on any atom is 0.306 e. The van der Waals surface area contributed by atoms with Gasteiger partial charge >= 0.3 is 17.9 Å². The quantitative estimate of drug-likeness (QED) is 0.0262. The Morgan fingerprint density at radius 1 is 0.302 bits per heavy atom. The molecule has 0 N–H and O–H groups in total. The highest BCUT2D eigenvalue weighted by Gasteiger charge is 2.19. The molecule has 372 valence electrons. The van der Waals surface area contributed by atoms with Crippen molar-refractivity contribution in [3.8, 4) is 0 Å². The molecule has 0 fully saturated rings. The predicted octanol–water partition coefficient (Wildman–Crippen LogP) is 18.5. The molecule has 0 unspecified atom stereocenters. The van der Waals surface area contributed by atoms with Gasteiger partial charge in [-0.25, -0.2) is 0 Å². The highest BCUT2D eigenvalue weighted by molar-refractivity contribution is 5.71. The Labute approximate surface area is 392 Å². The number of unbranched alkanes of at least 4 members (excludes halogenated alkanes) is 39. The molecule has 0 aromatic rings. The normalized spacial score (nSPS) is 12.0. The third kappa shape index (κ3) is 51.0. The molecule has 0 saturated heterocycles. The number of ether oxygens (including phenoxy) is 3. The lowest BCUT2D eigenvalue weighted by Crippen LogP contribution is -2.30. The largest absolute Gasteiger partial charge is 0.462 e. The van der Waals surface area contributed by atoms with E-state index < -0.39 is 6.10 Å². The van der Waals surface area contributed by atoms with E-state index in [0.29, 0.717) is 19.3 Å². The fourth-order valence-corrected chi connectivity index (χ4v) is 8.50. The highest BCUT2D eigenvalue weighted by Crippen LogP contribution is 2.17. The highest BCUT2D eigenvalue weighted by atomic mass is 16.6. The first-order valence-electron chi connectivity index (χ1n) is 28.2. The fraction of sp³-hybridized carbons (Fsp3) is 0.912. The van der Waals surface area contributed by atoms with Gasteiger partial charge < -0.3 is 14.2 Å². The number of carbonyl (C=O) groups is 3. The van der Waals surface area contributed by atoms with E-state index in [1.165, 1.54) is 218 Å². The van der Waals surface area contributed by atoms with Crippen LogP contribution in [0.5, 0.6) is 0 Å². The van der Waals surface area contributed by atoms with Gasteiger partial charge in [-0.3, -0.25) is 14.4 Å². The van der Waals surface area contributed by atoms with Crippen LogP contribution >= 0.6 is 0 Å². The summed E-state index contributed by atoms with van der Waals surface area (Å²) in [5, 5.41) is 0. The van der Waals surface area contributed by atoms with Crippen molar-refractivity contribution >= 4 is 17.9 Å². The van der Waals surface area contributed by atoms with Crippen molar-refractivity contribution in [1.29, 1.82) is 0 Å². The van der Waals surface area contributed by atoms with Crippen molar-refractivity contribution in [2.45, 2.75) is 322 Å². The van der Waals surface area contributed by atoms with E-state index in [0.717, 1.165) is 57.8 Å². The Morgan fingerprint density at radius 2 is 0.524 bits per heavy atom. The fourth-order valence-electron chi connectivity index (χ4n) is 8.50. The van der Waals surface area contributed by atoms with Gasteiger partial charge in [0.2, 0.25) is 0 Å². The molecule has 0 aromatic carbocycles. The van der Waals surface area contributed by atoms with Crippen molar-refractivity contribution in [2.75, 3.05) is 13.2 Å². The number of rotatable bonds is 52. The molecule has 63 heavy (non-hydrogen) atoms. The molecule has 0 heterocycles. The molecule has 0 aliphatic carbocycles. The molecule has 6 nitrogen and oxygen atoms in total. The van der Waals surface area contributed by atoms with Crippen molar-refractivity contribution in [1.82, 2.24) is 0 Å². The summed E-state index contributed by atoms with van der Waals surface area (Å²) >= 11 is 0. The number of hydrogen-bond acceptors (Lipinski definition) is 6. The first-order valence-corrected chi connectivity index (χ1v) is 28.2. The summed E-state index contributed by atoms with van der Waals surface area (Å²) in [5.74, 6) is -0.847. The number of hydrogen-bond donors (Lipinski definition) is 0. The summed E-state index contributed by atoms with van der Waals surface area (Å²) in [4.78, 5) is 38.1. The summed E-state index contributed by atoms with van der Waals surface area (Å²) in [6, 6.07) is 0. The van der Waals surface area contributed by atoms with Crippen LogP contribution in [0.1, 0.15) is 316 Å². The minimum Gasteiger partial charge on any atom is -0.462 e. The second kappa shape index (κ2) is 52.8. The van der Waals surface area contributed by atoms with E-state index in [2.05, 4.69) is 32.9 Å². The monoisotopic (exact) mass is 889 g/mol. The van der Waals surface area contributed by atoms with Gasteiger partial charge in [0.15, 0.2) is 6.10 Å². The number of allylic oxidation sites excluding steroid dienone is 2. The van der Waals surface area contributed by atoms with E-state index in [1.807, 2.05) is 0 Å². The molecular formula is C57H108O6. The van der Waals surface area contributed by atoms with Gasteiger partial charge in [-0.2, -0.15) is 0 Å². The minimum absolute atomic E-state index is 0.0654. The Hall–Kier alpha value is -1.85. The Balaban J connectivity index is 4.31. The molecule has 0 rings (SSSR count). The molecule has 0 radical (unpaired) electrons. The molecule has 0 amide bonds. The molecule has 0 aliphatic rings. The van der Waals surface area contributed by atoms with Gasteiger partial charge in [0.1, 0.15) is 13.2 Å². The zero-order valence-electron chi connectivity index (χ0n) is 42.6. The predicted molar refractivity (Wildman–Crippen MR) is 270 cm³/mol. The molecule has 6 heteroatoms. The van der Waals surface area contributed by atoms with Gasteiger partial charge in [0.25, 0.3) is 0 Å². The maximum absolute atomic E-state index is 12.8. The van der Waals surface area contributed by atoms with E-state index in [9.17, 15) is 14.4 Å². The van der Waals surface area contributed by atoms with Crippen molar-refractivity contribution in [3.63, 3.8) is 0 Å². The summed E-state index contributed by atoms with van der Waals surface area (Å²) in [5.41, 5.74) is 0. The Kier molecular flexibility index (Phi) is 51.2. The van der Waals surface area contributed by atoms with Crippen LogP contribution in [0.2, 0.25) is 0 Å². The van der Waals surface area contributed by atoms with Gasteiger partial charge in [-0.1, -0.05) is 264 Å². The van der Waals surface area contributed by atoms with Crippen LogP contribution in [0.25, 0.3) is 0 Å². The summed E-state index contributed by atoms with van der Waals surface area (Å²) in [7, 11) is 0. The number of carbonyl (C=O) groups excluding carboxylic acids is 3. The SMILES string of the molecule is CCCCCCCC/C=C\CCCCCCCCCC(=O)OC[C@@H](COC(=O)CCCCCCCCCCCCCCC)OC(=O)CCCCCCCCCCCCCCCCC. The molecule has 0 bridgehead atoms. The van der Waals surface area contributed by atoms with Gasteiger partial charge in [0, 0.05) is 19.3 Å². The molecule has 0 aromatic heterocycles. The smallest absolute Gasteiger partial charge is 0.306 e. The number of esters is 3. The van der Waals surface area contributed by atoms with Crippen LogP contribution in [-0.2, 0) is 28.6 Å². The van der Waals surface area contributed by atoms with E-state index in [-0.39, 0.29) is 31.1 Å². The summed E-state index contributed by atoms with van der Waals surface area (Å²) in [6.07, 6.45) is 59.1. The standard InChI is InChI=1S/C57H108O6/c1-4-7-10-13-16-19-22-25-27-28-30-32-35-38-41-44-47-50-56(59)62-53-54(52-61-55(58)49-46-43-40-37-34-31-24-21-18-15-12-9-6-3)63-57(60)51-48-45-42-39-36-33-29-26-23-20-17-14-11-8-5-2/h25,27,54H,4-24,26,28-53H2,1-3H3/b27-25-/t54-/m1/s1. The minimum atomic E-state index is -0.765. The van der Waals surface area contributed by atoms with Gasteiger partial charge in [0.05, 0.1) is 0 Å². The van der Waals surface area contributed by atoms with Crippen molar-refractivity contribution in [3.05, 3.63) is 12.2 Å². The van der Waals surface area contributed by atoms with Gasteiger partial charge in [-0.15, -0.1) is 0 Å². The van der Waals surface area contributed by atoms with Crippen LogP contribution in [0.15, 0.2) is 12.2 Å². The molecule has 1 atom stereocenters. The second-order valence-corrected chi connectivity index (χ2v) is 19.2. The first kappa shape index (κ1) is 61.1. The third-order valence-corrected chi connectivity index (χ3v) is 12.8. The van der Waals surface area contributed by atoms with Crippen LogP contribution in [0.3, 0.4) is 0 Å². The first-order chi connectivity index (χ1) is 31.0. The lowest BCUT2D eigenvalue weighted by atomic mass is 10.0.